The molecule has 2 aromatic rings. The van der Waals surface area contributed by atoms with Gasteiger partial charge >= 0.3 is 5.69 Å². The van der Waals surface area contributed by atoms with Crippen molar-refractivity contribution in [3.63, 3.8) is 0 Å². The van der Waals surface area contributed by atoms with Crippen molar-refractivity contribution in [2.75, 3.05) is 5.73 Å². The number of hydrogen-bond acceptors (Lipinski definition) is 5. The fourth-order valence-corrected chi connectivity index (χ4v) is 1.47. The summed E-state index contributed by atoms with van der Waals surface area (Å²) in [6.07, 6.45) is 0.859. The SMILES string of the molecule is Nc1ncnc(-c2cc(F)c(F)cc2F)c1[N+](=O)[O-]. The fourth-order valence-electron chi connectivity index (χ4n) is 1.47. The highest BCUT2D eigenvalue weighted by molar-refractivity contribution is 5.75. The minimum absolute atomic E-state index is 0.271. The first-order chi connectivity index (χ1) is 8.91. The van der Waals surface area contributed by atoms with E-state index in [4.69, 9.17) is 5.73 Å². The van der Waals surface area contributed by atoms with Crippen molar-refractivity contribution in [1.29, 1.82) is 0 Å². The molecule has 0 saturated carbocycles. The zero-order chi connectivity index (χ0) is 14.2. The predicted octanol–water partition coefficient (Wildman–Crippen LogP) is 2.05. The number of hydrogen-bond donors (Lipinski definition) is 1. The smallest absolute Gasteiger partial charge is 0.337 e. The summed E-state index contributed by atoms with van der Waals surface area (Å²) in [4.78, 5) is 16.8. The number of anilines is 1. The van der Waals surface area contributed by atoms with E-state index in [1.807, 2.05) is 0 Å². The molecule has 1 aromatic heterocycles. The Bertz CT molecular complexity index is 678. The van der Waals surface area contributed by atoms with E-state index in [-0.39, 0.29) is 6.07 Å². The van der Waals surface area contributed by atoms with E-state index in [1.165, 1.54) is 0 Å². The Labute approximate surface area is 103 Å². The molecule has 6 nitrogen and oxygen atoms in total. The number of nitro groups is 1. The van der Waals surface area contributed by atoms with E-state index < -0.39 is 45.1 Å². The molecule has 0 radical (unpaired) electrons. The van der Waals surface area contributed by atoms with E-state index in [1.54, 1.807) is 0 Å². The molecule has 1 heterocycles. The van der Waals surface area contributed by atoms with Crippen molar-refractivity contribution in [2.24, 2.45) is 0 Å². The molecule has 0 saturated heterocycles. The Morgan fingerprint density at radius 1 is 1.11 bits per heavy atom. The molecular weight excluding hydrogens is 265 g/mol. The van der Waals surface area contributed by atoms with Gasteiger partial charge in [-0.2, -0.15) is 0 Å². The largest absolute Gasteiger partial charge is 0.378 e. The van der Waals surface area contributed by atoms with Crippen LogP contribution in [-0.4, -0.2) is 14.9 Å². The molecule has 0 amide bonds. The lowest BCUT2D eigenvalue weighted by atomic mass is 10.1. The molecule has 2 rings (SSSR count). The third kappa shape index (κ3) is 2.17. The maximum absolute atomic E-state index is 13.6. The number of aromatic nitrogens is 2. The Morgan fingerprint density at radius 3 is 2.37 bits per heavy atom. The number of rotatable bonds is 2. The van der Waals surface area contributed by atoms with Gasteiger partial charge in [-0.25, -0.2) is 23.1 Å². The average Bonchev–Trinajstić information content (AvgIpc) is 2.33. The van der Waals surface area contributed by atoms with E-state index >= 15 is 0 Å². The summed E-state index contributed by atoms with van der Waals surface area (Å²) in [5.41, 5.74) is 3.43. The molecule has 0 fully saturated rings. The lowest BCUT2D eigenvalue weighted by Gasteiger charge is -2.05. The zero-order valence-electron chi connectivity index (χ0n) is 9.10. The molecule has 0 unspecified atom stereocenters. The Balaban J connectivity index is 2.76. The van der Waals surface area contributed by atoms with Crippen LogP contribution in [-0.2, 0) is 0 Å². The molecule has 0 aliphatic carbocycles. The first-order valence-corrected chi connectivity index (χ1v) is 4.81. The summed E-state index contributed by atoms with van der Waals surface area (Å²) in [6.45, 7) is 0. The summed E-state index contributed by atoms with van der Waals surface area (Å²) in [6, 6.07) is 0.742. The fraction of sp³-hybridized carbons (Fsp3) is 0. The second-order valence-electron chi connectivity index (χ2n) is 3.46. The molecule has 0 atom stereocenters. The van der Waals surface area contributed by atoms with Gasteiger partial charge in [0.25, 0.3) is 0 Å². The van der Waals surface area contributed by atoms with Gasteiger partial charge in [-0.1, -0.05) is 0 Å². The third-order valence-electron chi connectivity index (χ3n) is 2.30. The molecule has 0 bridgehead atoms. The van der Waals surface area contributed by atoms with Crippen LogP contribution >= 0.6 is 0 Å². The van der Waals surface area contributed by atoms with Gasteiger partial charge in [0, 0.05) is 11.6 Å². The third-order valence-corrected chi connectivity index (χ3v) is 2.30. The van der Waals surface area contributed by atoms with Crippen molar-refractivity contribution in [3.05, 3.63) is 46.0 Å². The standard InChI is InChI=1S/C10H5F3N4O2/c11-5-2-7(13)6(12)1-4(5)8-9(17(18)19)10(14)16-3-15-8/h1-3H,(H2,14,15,16). The van der Waals surface area contributed by atoms with Crippen LogP contribution in [0.1, 0.15) is 0 Å². The average molecular weight is 270 g/mol. The van der Waals surface area contributed by atoms with Gasteiger partial charge in [0.2, 0.25) is 5.82 Å². The van der Waals surface area contributed by atoms with Gasteiger partial charge in [-0.05, 0) is 6.07 Å². The summed E-state index contributed by atoms with van der Waals surface area (Å²) >= 11 is 0. The zero-order valence-corrected chi connectivity index (χ0v) is 9.10. The second-order valence-corrected chi connectivity index (χ2v) is 3.46. The van der Waals surface area contributed by atoms with Crippen molar-refractivity contribution < 1.29 is 18.1 Å². The molecule has 2 N–H and O–H groups in total. The van der Waals surface area contributed by atoms with E-state index in [2.05, 4.69) is 9.97 Å². The molecule has 0 aliphatic heterocycles. The molecule has 9 heteroatoms. The monoisotopic (exact) mass is 270 g/mol. The van der Waals surface area contributed by atoms with Gasteiger partial charge in [0.1, 0.15) is 12.1 Å². The van der Waals surface area contributed by atoms with Crippen molar-refractivity contribution in [2.45, 2.75) is 0 Å². The number of nitrogens with zero attached hydrogens (tertiary/aromatic N) is 3. The summed E-state index contributed by atoms with van der Waals surface area (Å²) in [5.74, 6) is -4.46. The van der Waals surface area contributed by atoms with Crippen LogP contribution in [0.25, 0.3) is 11.3 Å². The van der Waals surface area contributed by atoms with Gasteiger partial charge < -0.3 is 5.73 Å². The van der Waals surface area contributed by atoms with Crippen LogP contribution < -0.4 is 5.73 Å². The predicted molar refractivity (Wildman–Crippen MR) is 58.4 cm³/mol. The maximum atomic E-state index is 13.6. The summed E-state index contributed by atoms with van der Waals surface area (Å²) in [5, 5.41) is 10.8. The topological polar surface area (TPSA) is 94.9 Å². The molecule has 1 aromatic carbocycles. The molecule has 0 aliphatic rings. The molecular formula is C10H5F3N4O2. The van der Waals surface area contributed by atoms with Crippen molar-refractivity contribution in [3.8, 4) is 11.3 Å². The normalized spacial score (nSPS) is 10.5. The number of halogens is 3. The molecule has 0 spiro atoms. The highest BCUT2D eigenvalue weighted by atomic mass is 19.2. The first kappa shape index (κ1) is 12.7. The highest BCUT2D eigenvalue weighted by Gasteiger charge is 2.25. The lowest BCUT2D eigenvalue weighted by Crippen LogP contribution is -2.04. The number of nitrogens with two attached hydrogens (primary N) is 1. The van der Waals surface area contributed by atoms with Gasteiger partial charge in [0.05, 0.1) is 4.92 Å². The Hall–Kier alpha value is -2.71. The van der Waals surface area contributed by atoms with E-state index in [0.29, 0.717) is 6.07 Å². The Kier molecular flexibility index (Phi) is 3.03. The highest BCUT2D eigenvalue weighted by Crippen LogP contribution is 2.33. The van der Waals surface area contributed by atoms with Crippen LogP contribution in [0.4, 0.5) is 24.7 Å². The molecule has 19 heavy (non-hydrogen) atoms. The van der Waals surface area contributed by atoms with Crippen molar-refractivity contribution >= 4 is 11.5 Å². The van der Waals surface area contributed by atoms with E-state index in [9.17, 15) is 23.3 Å². The number of benzene rings is 1. The number of nitrogen functional groups attached to an aromatic ring is 1. The Morgan fingerprint density at radius 2 is 1.74 bits per heavy atom. The van der Waals surface area contributed by atoms with Crippen LogP contribution in [0.2, 0.25) is 0 Å². The summed E-state index contributed by atoms with van der Waals surface area (Å²) < 4.78 is 39.5. The summed E-state index contributed by atoms with van der Waals surface area (Å²) in [7, 11) is 0. The lowest BCUT2D eigenvalue weighted by molar-refractivity contribution is -0.383. The van der Waals surface area contributed by atoms with E-state index in [0.717, 1.165) is 6.33 Å². The van der Waals surface area contributed by atoms with Crippen LogP contribution in [0.3, 0.4) is 0 Å². The van der Waals surface area contributed by atoms with Crippen molar-refractivity contribution in [1.82, 2.24) is 9.97 Å². The minimum atomic E-state index is -1.41. The molecule has 98 valence electrons. The van der Waals surface area contributed by atoms with Crippen LogP contribution in [0.15, 0.2) is 18.5 Å². The quantitative estimate of drug-likeness (QED) is 0.512. The van der Waals surface area contributed by atoms with Gasteiger partial charge in [-0.3, -0.25) is 10.1 Å². The van der Waals surface area contributed by atoms with Crippen LogP contribution in [0, 0.1) is 27.6 Å². The van der Waals surface area contributed by atoms with Gasteiger partial charge in [0.15, 0.2) is 17.3 Å². The maximum Gasteiger partial charge on any atom is 0.337 e. The van der Waals surface area contributed by atoms with Gasteiger partial charge in [-0.15, -0.1) is 0 Å². The second kappa shape index (κ2) is 4.52. The van der Waals surface area contributed by atoms with Crippen LogP contribution in [0.5, 0.6) is 0 Å². The minimum Gasteiger partial charge on any atom is -0.378 e. The first-order valence-electron chi connectivity index (χ1n) is 4.81.